The van der Waals surface area contributed by atoms with Gasteiger partial charge in [0.1, 0.15) is 5.69 Å². The molecule has 0 bridgehead atoms. The fourth-order valence-electron chi connectivity index (χ4n) is 1.32. The summed E-state index contributed by atoms with van der Waals surface area (Å²) >= 11 is 0. The van der Waals surface area contributed by atoms with Crippen LogP contribution >= 0.6 is 0 Å². The Morgan fingerprint density at radius 3 is 3.08 bits per heavy atom. The predicted octanol–water partition coefficient (Wildman–Crippen LogP) is -0.372. The third-order valence-corrected chi connectivity index (χ3v) is 2.11. The number of ether oxygens (including phenoxy) is 1. The molecule has 13 heavy (non-hydrogen) atoms. The summed E-state index contributed by atoms with van der Waals surface area (Å²) in [6.45, 7) is 2.21. The van der Waals surface area contributed by atoms with Crippen LogP contribution in [0.2, 0.25) is 0 Å². The Bertz CT molecular complexity index is 317. The fraction of sp³-hybridized carbons (Fsp3) is 0.500. The summed E-state index contributed by atoms with van der Waals surface area (Å²) in [5.74, 6) is 0.0377. The number of hydrogen-bond donors (Lipinski definition) is 1. The van der Waals surface area contributed by atoms with Crippen molar-refractivity contribution in [3.05, 3.63) is 18.0 Å². The van der Waals surface area contributed by atoms with Crippen molar-refractivity contribution in [1.29, 1.82) is 0 Å². The van der Waals surface area contributed by atoms with E-state index in [1.165, 1.54) is 0 Å². The average Bonchev–Trinajstić information content (AvgIpc) is 2.44. The molecule has 1 aromatic rings. The SMILES string of the molecule is NC(=O)c1ccnn1CC1COC1. The summed E-state index contributed by atoms with van der Waals surface area (Å²) in [5.41, 5.74) is 5.63. The lowest BCUT2D eigenvalue weighted by Crippen LogP contribution is -2.33. The molecule has 2 N–H and O–H groups in total. The summed E-state index contributed by atoms with van der Waals surface area (Å²) < 4.78 is 6.66. The van der Waals surface area contributed by atoms with Gasteiger partial charge in [-0.3, -0.25) is 9.48 Å². The third-order valence-electron chi connectivity index (χ3n) is 2.11. The van der Waals surface area contributed by atoms with E-state index in [1.54, 1.807) is 16.9 Å². The molecule has 1 amide bonds. The Morgan fingerprint density at radius 1 is 1.77 bits per heavy atom. The van der Waals surface area contributed by atoms with E-state index >= 15 is 0 Å². The Labute approximate surface area is 75.5 Å². The Morgan fingerprint density at radius 2 is 2.54 bits per heavy atom. The highest BCUT2D eigenvalue weighted by Gasteiger charge is 2.20. The van der Waals surface area contributed by atoms with Crippen LogP contribution in [0.5, 0.6) is 0 Å². The number of rotatable bonds is 3. The number of hydrogen-bond acceptors (Lipinski definition) is 3. The lowest BCUT2D eigenvalue weighted by molar-refractivity contribution is -0.0410. The number of carbonyl (C=O) groups is 1. The lowest BCUT2D eigenvalue weighted by atomic mass is 10.1. The van der Waals surface area contributed by atoms with E-state index < -0.39 is 5.91 Å². The predicted molar refractivity (Wildman–Crippen MR) is 45.1 cm³/mol. The third kappa shape index (κ3) is 1.55. The number of primary amides is 1. The molecule has 0 spiro atoms. The maximum absolute atomic E-state index is 10.9. The van der Waals surface area contributed by atoms with Crippen molar-refractivity contribution in [3.8, 4) is 0 Å². The van der Waals surface area contributed by atoms with Crippen LogP contribution < -0.4 is 5.73 Å². The van der Waals surface area contributed by atoms with Crippen LogP contribution in [-0.2, 0) is 11.3 Å². The number of carbonyl (C=O) groups excluding carboxylic acids is 1. The molecule has 2 rings (SSSR count). The van der Waals surface area contributed by atoms with E-state index in [-0.39, 0.29) is 0 Å². The molecule has 5 nitrogen and oxygen atoms in total. The van der Waals surface area contributed by atoms with Crippen LogP contribution in [-0.4, -0.2) is 28.9 Å². The van der Waals surface area contributed by atoms with Gasteiger partial charge in [-0.2, -0.15) is 5.10 Å². The van der Waals surface area contributed by atoms with Crippen LogP contribution in [0, 0.1) is 5.92 Å². The first-order chi connectivity index (χ1) is 6.27. The van der Waals surface area contributed by atoms with Crippen LogP contribution in [0.25, 0.3) is 0 Å². The van der Waals surface area contributed by atoms with Gasteiger partial charge in [0, 0.05) is 18.7 Å². The topological polar surface area (TPSA) is 70.1 Å². The molecule has 0 radical (unpaired) electrons. The maximum Gasteiger partial charge on any atom is 0.266 e. The van der Waals surface area contributed by atoms with Gasteiger partial charge in [0.25, 0.3) is 5.91 Å². The number of aromatic nitrogens is 2. The minimum Gasteiger partial charge on any atom is -0.381 e. The van der Waals surface area contributed by atoms with Crippen LogP contribution in [0.15, 0.2) is 12.3 Å². The van der Waals surface area contributed by atoms with Gasteiger partial charge < -0.3 is 10.5 Å². The normalized spacial score (nSPS) is 16.9. The highest BCUT2D eigenvalue weighted by molar-refractivity contribution is 5.90. The van der Waals surface area contributed by atoms with Crippen molar-refractivity contribution in [2.75, 3.05) is 13.2 Å². The minimum atomic E-state index is -0.433. The number of amides is 1. The zero-order valence-corrected chi connectivity index (χ0v) is 7.14. The first kappa shape index (κ1) is 8.25. The molecular formula is C8H11N3O2. The maximum atomic E-state index is 10.9. The smallest absolute Gasteiger partial charge is 0.266 e. The molecule has 5 heteroatoms. The van der Waals surface area contributed by atoms with Crippen LogP contribution in [0.4, 0.5) is 0 Å². The van der Waals surface area contributed by atoms with Crippen molar-refractivity contribution in [2.45, 2.75) is 6.54 Å². The molecule has 0 aliphatic carbocycles. The van der Waals surface area contributed by atoms with Gasteiger partial charge in [0.2, 0.25) is 0 Å². The highest BCUT2D eigenvalue weighted by Crippen LogP contribution is 2.13. The van der Waals surface area contributed by atoms with Crippen LogP contribution in [0.3, 0.4) is 0 Å². The second kappa shape index (κ2) is 3.18. The van der Waals surface area contributed by atoms with Gasteiger partial charge in [-0.15, -0.1) is 0 Å². The van der Waals surface area contributed by atoms with Gasteiger partial charge in [0.05, 0.1) is 13.2 Å². The van der Waals surface area contributed by atoms with Crippen LogP contribution in [0.1, 0.15) is 10.5 Å². The summed E-state index contributed by atoms with van der Waals surface area (Å²) in [5, 5.41) is 4.02. The molecule has 0 saturated carbocycles. The second-order valence-corrected chi connectivity index (χ2v) is 3.17. The summed E-state index contributed by atoms with van der Waals surface area (Å²) in [4.78, 5) is 10.9. The molecule has 0 unspecified atom stereocenters. The molecule has 1 saturated heterocycles. The molecule has 0 atom stereocenters. The molecule has 1 aromatic heterocycles. The standard InChI is InChI=1S/C8H11N3O2/c9-8(12)7-1-2-10-11(7)3-6-4-13-5-6/h1-2,6H,3-5H2,(H2,9,12). The van der Waals surface area contributed by atoms with E-state index in [1.807, 2.05) is 0 Å². The molecule has 70 valence electrons. The van der Waals surface area contributed by atoms with Gasteiger partial charge in [-0.05, 0) is 6.07 Å². The van der Waals surface area contributed by atoms with Gasteiger partial charge in [-0.25, -0.2) is 0 Å². The number of nitrogens with zero attached hydrogens (tertiary/aromatic N) is 2. The Hall–Kier alpha value is -1.36. The zero-order chi connectivity index (χ0) is 9.26. The fourth-order valence-corrected chi connectivity index (χ4v) is 1.32. The van der Waals surface area contributed by atoms with E-state index in [4.69, 9.17) is 10.5 Å². The lowest BCUT2D eigenvalue weighted by Gasteiger charge is -2.26. The van der Waals surface area contributed by atoms with E-state index in [9.17, 15) is 4.79 Å². The summed E-state index contributed by atoms with van der Waals surface area (Å²) in [6, 6.07) is 1.63. The Balaban J connectivity index is 2.09. The van der Waals surface area contributed by atoms with Crippen molar-refractivity contribution in [2.24, 2.45) is 11.7 Å². The monoisotopic (exact) mass is 181 g/mol. The highest BCUT2D eigenvalue weighted by atomic mass is 16.5. The quantitative estimate of drug-likeness (QED) is 0.691. The minimum absolute atomic E-state index is 0.433. The average molecular weight is 181 g/mol. The van der Waals surface area contributed by atoms with Crippen molar-refractivity contribution >= 4 is 5.91 Å². The second-order valence-electron chi connectivity index (χ2n) is 3.17. The molecule has 1 aliphatic heterocycles. The number of nitrogens with two attached hydrogens (primary N) is 1. The van der Waals surface area contributed by atoms with Gasteiger partial charge >= 0.3 is 0 Å². The van der Waals surface area contributed by atoms with E-state index in [2.05, 4.69) is 5.10 Å². The molecule has 1 aliphatic rings. The molecule has 1 fully saturated rings. The largest absolute Gasteiger partial charge is 0.381 e. The zero-order valence-electron chi connectivity index (χ0n) is 7.14. The molecule has 2 heterocycles. The molecule has 0 aromatic carbocycles. The summed E-state index contributed by atoms with van der Waals surface area (Å²) in [6.07, 6.45) is 1.58. The van der Waals surface area contributed by atoms with Crippen molar-refractivity contribution < 1.29 is 9.53 Å². The first-order valence-corrected chi connectivity index (χ1v) is 4.16. The van der Waals surface area contributed by atoms with Gasteiger partial charge in [0.15, 0.2) is 0 Å². The first-order valence-electron chi connectivity index (χ1n) is 4.16. The van der Waals surface area contributed by atoms with Crippen molar-refractivity contribution in [1.82, 2.24) is 9.78 Å². The van der Waals surface area contributed by atoms with E-state index in [0.717, 1.165) is 13.2 Å². The van der Waals surface area contributed by atoms with E-state index in [0.29, 0.717) is 18.2 Å². The molecular weight excluding hydrogens is 170 g/mol. The van der Waals surface area contributed by atoms with Crippen molar-refractivity contribution in [3.63, 3.8) is 0 Å². The summed E-state index contributed by atoms with van der Waals surface area (Å²) in [7, 11) is 0. The Kier molecular flexibility index (Phi) is 2.02. The van der Waals surface area contributed by atoms with Gasteiger partial charge in [-0.1, -0.05) is 0 Å².